The van der Waals surface area contributed by atoms with E-state index in [1.54, 1.807) is 6.07 Å². The molecule has 108 valence electrons. The summed E-state index contributed by atoms with van der Waals surface area (Å²) < 4.78 is 5.20. The molecule has 0 saturated heterocycles. The molecular weight excluding hydrogens is 493 g/mol. The number of esters is 1. The second kappa shape index (κ2) is 9.83. The van der Waals surface area contributed by atoms with Gasteiger partial charge in [-0.05, 0) is 0 Å². The van der Waals surface area contributed by atoms with E-state index in [4.69, 9.17) is 11.6 Å². The molecule has 1 aromatic heterocycles. The SMILES string of the molecule is COC(=O)c1n[c]([Sn])cc(NC(C)=O)c1Cl.[CH3][Sn]([CH3])[CH3]. The van der Waals surface area contributed by atoms with Crippen molar-refractivity contribution < 1.29 is 14.3 Å². The van der Waals surface area contributed by atoms with E-state index in [0.29, 0.717) is 9.40 Å². The van der Waals surface area contributed by atoms with Crippen molar-refractivity contribution in [2.24, 2.45) is 0 Å². The standard InChI is InChI=1S/C9H8ClN2O3.3CH3.2Sn/c1-5(13)12-6-3-4-11-8(7(6)10)9(14)15-2;;;;;/h3H,1-2H3,(H,11,12,13);3*1H3;;. The van der Waals surface area contributed by atoms with Crippen LogP contribution in [0, 0.1) is 0 Å². The van der Waals surface area contributed by atoms with Crippen LogP contribution < -0.4 is 9.03 Å². The van der Waals surface area contributed by atoms with E-state index < -0.39 is 25.7 Å². The molecular formula is C12H17ClN2O3Sn2. The van der Waals surface area contributed by atoms with Gasteiger partial charge < -0.3 is 0 Å². The molecule has 1 amide bonds. The van der Waals surface area contributed by atoms with Crippen molar-refractivity contribution in [1.82, 2.24) is 4.98 Å². The Hall–Kier alpha value is -0.0226. The Bertz CT molecular complexity index is 493. The van der Waals surface area contributed by atoms with Crippen LogP contribution in [-0.2, 0) is 9.53 Å². The molecule has 0 unspecified atom stereocenters. The predicted octanol–water partition coefficient (Wildman–Crippen LogP) is 1.64. The molecule has 1 aromatic rings. The summed E-state index contributed by atoms with van der Waals surface area (Å²) in [5.74, 6) is -0.889. The maximum atomic E-state index is 11.4. The zero-order chi connectivity index (χ0) is 15.9. The number of anilines is 1. The quantitative estimate of drug-likeness (QED) is 0.486. The van der Waals surface area contributed by atoms with E-state index in [2.05, 4.69) is 29.9 Å². The summed E-state index contributed by atoms with van der Waals surface area (Å²) in [5, 5.41) is 2.62. The first-order chi connectivity index (χ1) is 9.18. The zero-order valence-electron chi connectivity index (χ0n) is 12.1. The predicted molar refractivity (Wildman–Crippen MR) is 83.6 cm³/mol. The van der Waals surface area contributed by atoms with Gasteiger partial charge in [0.1, 0.15) is 0 Å². The van der Waals surface area contributed by atoms with E-state index in [1.807, 2.05) is 0 Å². The molecule has 20 heavy (non-hydrogen) atoms. The monoisotopic (exact) mass is 512 g/mol. The Labute approximate surface area is 144 Å². The number of nitrogens with one attached hydrogen (secondary N) is 1. The molecule has 0 aliphatic carbocycles. The molecule has 0 fully saturated rings. The van der Waals surface area contributed by atoms with Crippen LogP contribution in [-0.4, -0.2) is 66.3 Å². The number of rotatable bonds is 2. The second-order valence-corrected chi connectivity index (χ2v) is 14.8. The summed E-state index contributed by atoms with van der Waals surface area (Å²) in [7, 11) is 1.24. The number of carbonyl (C=O) groups is 2. The average Bonchev–Trinajstić information content (AvgIpc) is 2.31. The van der Waals surface area contributed by atoms with E-state index in [0.717, 1.165) is 22.5 Å². The summed E-state index contributed by atoms with van der Waals surface area (Å²) in [6.45, 7) is 1.36. The van der Waals surface area contributed by atoms with Crippen molar-refractivity contribution in [3.05, 3.63) is 16.8 Å². The van der Waals surface area contributed by atoms with Gasteiger partial charge in [0.05, 0.1) is 0 Å². The molecule has 0 spiro atoms. The molecule has 4 radical (unpaired) electrons. The Balaban J connectivity index is 0.000000796. The van der Waals surface area contributed by atoms with Gasteiger partial charge in [0.25, 0.3) is 0 Å². The third-order valence-corrected chi connectivity index (χ3v) is 2.76. The van der Waals surface area contributed by atoms with Gasteiger partial charge in [-0.1, -0.05) is 0 Å². The van der Waals surface area contributed by atoms with Crippen LogP contribution in [0.1, 0.15) is 17.4 Å². The van der Waals surface area contributed by atoms with Gasteiger partial charge in [-0.15, -0.1) is 0 Å². The maximum absolute atomic E-state index is 11.4. The number of hydrogen-bond acceptors (Lipinski definition) is 4. The fourth-order valence-corrected chi connectivity index (χ4v) is 1.99. The molecule has 0 aliphatic heterocycles. The topological polar surface area (TPSA) is 68.3 Å². The van der Waals surface area contributed by atoms with E-state index in [-0.39, 0.29) is 16.6 Å². The Morgan fingerprint density at radius 3 is 2.30 bits per heavy atom. The van der Waals surface area contributed by atoms with Crippen molar-refractivity contribution in [2.75, 3.05) is 12.4 Å². The number of aromatic nitrogens is 1. The minimum atomic E-state index is -0.624. The van der Waals surface area contributed by atoms with Crippen molar-refractivity contribution in [3.8, 4) is 0 Å². The van der Waals surface area contributed by atoms with Gasteiger partial charge in [0.2, 0.25) is 0 Å². The number of pyridine rings is 1. The first-order valence-electron chi connectivity index (χ1n) is 5.73. The first-order valence-corrected chi connectivity index (χ1v) is 16.1. The third-order valence-electron chi connectivity index (χ3n) is 1.65. The normalized spacial score (nSPS) is 9.60. The molecule has 0 saturated carbocycles. The van der Waals surface area contributed by atoms with Crippen LogP contribution in [0.25, 0.3) is 0 Å². The van der Waals surface area contributed by atoms with Gasteiger partial charge >= 0.3 is 145 Å². The van der Waals surface area contributed by atoms with Crippen molar-refractivity contribution in [1.29, 1.82) is 0 Å². The minimum absolute atomic E-state index is 0.0159. The van der Waals surface area contributed by atoms with Gasteiger partial charge in [-0.25, -0.2) is 0 Å². The van der Waals surface area contributed by atoms with E-state index in [1.165, 1.54) is 14.0 Å². The number of amides is 1. The average molecular weight is 510 g/mol. The summed E-state index contributed by atoms with van der Waals surface area (Å²) in [6, 6.07) is 1.62. The van der Waals surface area contributed by atoms with Gasteiger partial charge in [-0.3, -0.25) is 0 Å². The fourth-order valence-electron chi connectivity index (χ4n) is 1.04. The second-order valence-electron chi connectivity index (χ2n) is 4.39. The number of ether oxygens (including phenoxy) is 1. The number of hydrogen-bond donors (Lipinski definition) is 1. The van der Waals surface area contributed by atoms with E-state index in [9.17, 15) is 9.59 Å². The molecule has 1 rings (SSSR count). The molecule has 0 aromatic carbocycles. The van der Waals surface area contributed by atoms with Crippen LogP contribution in [0.15, 0.2) is 6.07 Å². The van der Waals surface area contributed by atoms with Crippen molar-refractivity contribution in [2.45, 2.75) is 21.7 Å². The third kappa shape index (κ3) is 7.68. The molecule has 1 heterocycles. The van der Waals surface area contributed by atoms with Crippen LogP contribution in [0.2, 0.25) is 19.8 Å². The van der Waals surface area contributed by atoms with Gasteiger partial charge in [-0.2, -0.15) is 0 Å². The summed E-state index contributed by atoms with van der Waals surface area (Å²) >= 11 is 6.40. The van der Waals surface area contributed by atoms with Gasteiger partial charge in [0.15, 0.2) is 0 Å². The number of methoxy groups -OCH3 is 1. The van der Waals surface area contributed by atoms with Crippen LogP contribution in [0.5, 0.6) is 0 Å². The Morgan fingerprint density at radius 1 is 1.40 bits per heavy atom. The molecule has 8 heteroatoms. The van der Waals surface area contributed by atoms with Crippen LogP contribution in [0.3, 0.4) is 0 Å². The van der Waals surface area contributed by atoms with Gasteiger partial charge in [0, 0.05) is 0 Å². The number of halogens is 1. The van der Waals surface area contributed by atoms with Crippen molar-refractivity contribution in [3.63, 3.8) is 0 Å². The molecule has 0 atom stereocenters. The summed E-state index contributed by atoms with van der Waals surface area (Å²) in [5.41, 5.74) is 0.388. The number of nitrogens with zero attached hydrogens (tertiary/aromatic N) is 1. The molecule has 1 N–H and O–H groups in total. The first kappa shape index (κ1) is 20.0. The Morgan fingerprint density at radius 2 is 1.90 bits per heavy atom. The zero-order valence-corrected chi connectivity index (χ0v) is 18.6. The van der Waals surface area contributed by atoms with Crippen molar-refractivity contribution >= 4 is 75.2 Å². The summed E-state index contributed by atoms with van der Waals surface area (Å²) in [4.78, 5) is 33.4. The van der Waals surface area contributed by atoms with Crippen LogP contribution in [0.4, 0.5) is 5.69 Å². The summed E-state index contributed by atoms with van der Waals surface area (Å²) in [6.07, 6.45) is 0. The molecule has 0 aliphatic rings. The molecule has 0 bridgehead atoms. The van der Waals surface area contributed by atoms with Crippen LogP contribution >= 0.6 is 11.6 Å². The van der Waals surface area contributed by atoms with E-state index >= 15 is 0 Å². The Kier molecular flexibility index (Phi) is 9.82. The number of carbonyl (C=O) groups excluding carboxylic acids is 2. The molecule has 5 nitrogen and oxygen atoms in total. The fraction of sp³-hybridized carbons (Fsp3) is 0.417.